The molecule has 5 unspecified atom stereocenters. The first-order valence-corrected chi connectivity index (χ1v) is 13.4. The van der Waals surface area contributed by atoms with Crippen LogP contribution < -0.4 is 19.6 Å². The van der Waals surface area contributed by atoms with Crippen LogP contribution in [0.1, 0.15) is 0 Å². The fourth-order valence-electron chi connectivity index (χ4n) is 4.97. The molecule has 2 aliphatic rings. The lowest BCUT2D eigenvalue weighted by Crippen LogP contribution is -2.60. The molecule has 44 heavy (non-hydrogen) atoms. The molecule has 2 aliphatic heterocycles. The van der Waals surface area contributed by atoms with Gasteiger partial charge in [0.25, 0.3) is 0 Å². The summed E-state index contributed by atoms with van der Waals surface area (Å²) in [4.78, 5) is 13.3. The second-order valence-electron chi connectivity index (χ2n) is 10.3. The second kappa shape index (κ2) is 12.8. The smallest absolute Gasteiger partial charge is 0.229 e. The quantitative estimate of drug-likeness (QED) is 0.126. The van der Waals surface area contributed by atoms with Crippen molar-refractivity contribution >= 4 is 11.0 Å². The Kier molecular flexibility index (Phi) is 9.28. The van der Waals surface area contributed by atoms with Crippen molar-refractivity contribution in [3.05, 3.63) is 46.6 Å². The van der Waals surface area contributed by atoms with Crippen LogP contribution in [0, 0.1) is 0 Å². The van der Waals surface area contributed by atoms with E-state index in [-0.39, 0.29) is 34.0 Å². The van der Waals surface area contributed by atoms with Gasteiger partial charge in [0, 0.05) is 23.8 Å². The van der Waals surface area contributed by atoms with Crippen LogP contribution in [0.2, 0.25) is 0 Å². The number of fused-ring (bicyclic) bond motifs is 1. The van der Waals surface area contributed by atoms with Gasteiger partial charge in [-0.15, -0.1) is 0 Å². The average Bonchev–Trinajstić information content (AvgIpc) is 3.01. The van der Waals surface area contributed by atoms with Crippen LogP contribution in [-0.2, 0) is 9.47 Å². The monoisotopic (exact) mass is 624 g/mol. The average molecular weight is 625 g/mol. The highest BCUT2D eigenvalue weighted by Crippen LogP contribution is 2.37. The summed E-state index contributed by atoms with van der Waals surface area (Å²) in [5, 5.41) is 89.8. The van der Waals surface area contributed by atoms with Gasteiger partial charge in [-0.1, -0.05) is 0 Å². The SMILES string of the molecule is COc1cc(-c2cc(=O)c3c(O[C@@H]4OC(CO)[C@@H](O)[C@H](O)C4O)cc(O)cc3o2)ccc1O[C@@H]1OC(CO)[C@@H](O)C(O)C1O. The van der Waals surface area contributed by atoms with E-state index >= 15 is 0 Å². The van der Waals surface area contributed by atoms with Gasteiger partial charge in [0.15, 0.2) is 16.9 Å². The van der Waals surface area contributed by atoms with E-state index in [0.717, 1.165) is 18.2 Å². The lowest BCUT2D eigenvalue weighted by atomic mass is 9.99. The summed E-state index contributed by atoms with van der Waals surface area (Å²) in [5.74, 6) is -0.519. The van der Waals surface area contributed by atoms with Crippen LogP contribution in [0.4, 0.5) is 0 Å². The third kappa shape index (κ3) is 5.92. The van der Waals surface area contributed by atoms with Crippen LogP contribution in [0.5, 0.6) is 23.0 Å². The maximum absolute atomic E-state index is 13.3. The van der Waals surface area contributed by atoms with E-state index in [9.17, 15) is 50.8 Å². The molecule has 3 aromatic rings. The van der Waals surface area contributed by atoms with Gasteiger partial charge in [-0.05, 0) is 18.2 Å². The summed E-state index contributed by atoms with van der Waals surface area (Å²) < 4.78 is 33.2. The summed E-state index contributed by atoms with van der Waals surface area (Å²) >= 11 is 0. The zero-order valence-corrected chi connectivity index (χ0v) is 23.0. The fraction of sp³-hybridized carbons (Fsp3) is 0.464. The van der Waals surface area contributed by atoms with Crippen molar-refractivity contribution in [3.63, 3.8) is 0 Å². The molecule has 0 amide bonds. The van der Waals surface area contributed by atoms with Gasteiger partial charge < -0.3 is 74.1 Å². The minimum atomic E-state index is -1.77. The minimum absolute atomic E-state index is 0.0181. The molecular weight excluding hydrogens is 592 g/mol. The molecular formula is C28H32O16. The Morgan fingerprint density at radius 3 is 1.82 bits per heavy atom. The number of ether oxygens (including phenoxy) is 5. The number of phenols is 1. The Labute approximate surface area is 248 Å². The first kappa shape index (κ1) is 31.9. The van der Waals surface area contributed by atoms with Crippen LogP contribution in [0.25, 0.3) is 22.3 Å². The van der Waals surface area contributed by atoms with Gasteiger partial charge in [0.05, 0.1) is 20.3 Å². The van der Waals surface area contributed by atoms with E-state index in [0.29, 0.717) is 5.56 Å². The van der Waals surface area contributed by atoms with Crippen LogP contribution in [0.15, 0.2) is 45.6 Å². The molecule has 9 N–H and O–H groups in total. The Balaban J connectivity index is 1.44. The molecule has 0 aliphatic carbocycles. The van der Waals surface area contributed by atoms with E-state index in [1.807, 2.05) is 0 Å². The molecule has 16 nitrogen and oxygen atoms in total. The maximum atomic E-state index is 13.3. The normalized spacial score (nSPS) is 32.4. The number of hydrogen-bond acceptors (Lipinski definition) is 16. The van der Waals surface area contributed by atoms with Crippen molar-refractivity contribution in [1.82, 2.24) is 0 Å². The zero-order valence-electron chi connectivity index (χ0n) is 23.0. The third-order valence-electron chi connectivity index (χ3n) is 7.41. The molecule has 10 atom stereocenters. The summed E-state index contributed by atoms with van der Waals surface area (Å²) in [6, 6.07) is 7.63. The van der Waals surface area contributed by atoms with Crippen LogP contribution in [-0.4, -0.2) is 128 Å². The molecule has 3 heterocycles. The van der Waals surface area contributed by atoms with Crippen LogP contribution >= 0.6 is 0 Å². The highest BCUT2D eigenvalue weighted by Gasteiger charge is 2.46. The molecule has 16 heteroatoms. The number of rotatable bonds is 8. The fourth-order valence-corrected chi connectivity index (χ4v) is 4.97. The standard InChI is InChI=1S/C28H32O16/c1-39-15-4-10(2-3-13(15)41-27-25(37)23(35)21(33)18(8-29)43-27)14-7-12(32)20-16(40-14)5-11(31)6-17(20)42-28-26(38)24(36)22(34)19(9-30)44-28/h2-7,18-19,21-31,33-38H,8-9H2,1H3/t18?,19?,21-,22-,23?,24+,25?,26?,27-,28-/m1/s1. The Morgan fingerprint density at radius 2 is 1.27 bits per heavy atom. The molecule has 5 rings (SSSR count). The third-order valence-corrected chi connectivity index (χ3v) is 7.41. The van der Waals surface area contributed by atoms with E-state index in [4.69, 9.17) is 28.1 Å². The number of phenolic OH excluding ortho intramolecular Hbond substituents is 1. The Morgan fingerprint density at radius 1 is 0.705 bits per heavy atom. The number of aliphatic hydroxyl groups excluding tert-OH is 8. The first-order chi connectivity index (χ1) is 21.0. The van der Waals surface area contributed by atoms with Gasteiger partial charge in [-0.3, -0.25) is 4.79 Å². The van der Waals surface area contributed by atoms with Crippen molar-refractivity contribution in [1.29, 1.82) is 0 Å². The van der Waals surface area contributed by atoms with E-state index in [1.165, 1.54) is 25.3 Å². The topological polar surface area (TPSA) is 258 Å². The predicted molar refractivity (Wildman–Crippen MR) is 145 cm³/mol. The van der Waals surface area contributed by atoms with Crippen LogP contribution in [0.3, 0.4) is 0 Å². The van der Waals surface area contributed by atoms with Gasteiger partial charge in [-0.25, -0.2) is 0 Å². The van der Waals surface area contributed by atoms with Crippen molar-refractivity contribution in [2.75, 3.05) is 20.3 Å². The van der Waals surface area contributed by atoms with Crippen molar-refractivity contribution in [3.8, 4) is 34.3 Å². The van der Waals surface area contributed by atoms with Crippen molar-refractivity contribution in [2.24, 2.45) is 0 Å². The molecule has 1 aromatic heterocycles. The Hall–Kier alpha value is -3.55. The summed E-state index contributed by atoms with van der Waals surface area (Å²) in [6.45, 7) is -1.35. The first-order valence-electron chi connectivity index (χ1n) is 13.4. The van der Waals surface area contributed by atoms with Gasteiger partial charge in [-0.2, -0.15) is 0 Å². The molecule has 0 spiro atoms. The molecule has 2 aromatic carbocycles. The number of methoxy groups -OCH3 is 1. The number of aromatic hydroxyl groups is 1. The molecule has 0 bridgehead atoms. The number of benzene rings is 2. The lowest BCUT2D eigenvalue weighted by molar-refractivity contribution is -0.277. The van der Waals surface area contributed by atoms with Gasteiger partial charge >= 0.3 is 0 Å². The van der Waals surface area contributed by atoms with Gasteiger partial charge in [0.1, 0.15) is 77.1 Å². The Bertz CT molecular complexity index is 1520. The molecule has 2 fully saturated rings. The highest BCUT2D eigenvalue weighted by atomic mass is 16.7. The molecule has 0 saturated carbocycles. The largest absolute Gasteiger partial charge is 0.508 e. The summed E-state index contributed by atoms with van der Waals surface area (Å²) in [7, 11) is 1.32. The number of hydrogen-bond donors (Lipinski definition) is 9. The number of aliphatic hydroxyl groups is 8. The zero-order chi connectivity index (χ0) is 31.9. The summed E-state index contributed by atoms with van der Waals surface area (Å²) in [5.41, 5.74) is -0.462. The van der Waals surface area contributed by atoms with Gasteiger partial charge in [0.2, 0.25) is 12.6 Å². The highest BCUT2D eigenvalue weighted by molar-refractivity contribution is 5.86. The predicted octanol–water partition coefficient (Wildman–Crippen LogP) is -2.47. The molecule has 240 valence electrons. The maximum Gasteiger partial charge on any atom is 0.229 e. The lowest BCUT2D eigenvalue weighted by Gasteiger charge is -2.39. The van der Waals surface area contributed by atoms with E-state index < -0.39 is 85.8 Å². The van der Waals surface area contributed by atoms with E-state index in [2.05, 4.69) is 0 Å². The van der Waals surface area contributed by atoms with E-state index in [1.54, 1.807) is 0 Å². The molecule has 2 saturated heterocycles. The minimum Gasteiger partial charge on any atom is -0.508 e. The van der Waals surface area contributed by atoms with Crippen molar-refractivity contribution in [2.45, 2.75) is 61.4 Å². The van der Waals surface area contributed by atoms with Crippen molar-refractivity contribution < 1.29 is 74.1 Å². The summed E-state index contributed by atoms with van der Waals surface area (Å²) in [6.07, 6.45) is -15.6. The molecule has 0 radical (unpaired) electrons. The second-order valence-corrected chi connectivity index (χ2v) is 10.3.